The molecule has 0 aliphatic carbocycles. The van der Waals surface area contributed by atoms with E-state index in [9.17, 15) is 14.9 Å². The number of anilines is 1. The van der Waals surface area contributed by atoms with Crippen molar-refractivity contribution in [1.29, 1.82) is 0 Å². The van der Waals surface area contributed by atoms with Crippen LogP contribution < -0.4 is 15.5 Å². The number of nitrogens with one attached hydrogen (secondary N) is 2. The van der Waals surface area contributed by atoms with Gasteiger partial charge < -0.3 is 15.5 Å². The van der Waals surface area contributed by atoms with Gasteiger partial charge in [-0.1, -0.05) is 0 Å². The summed E-state index contributed by atoms with van der Waals surface area (Å²) in [5, 5.41) is 16.9. The minimum atomic E-state index is -0.452. The van der Waals surface area contributed by atoms with Gasteiger partial charge in [0.25, 0.3) is 11.6 Å². The summed E-state index contributed by atoms with van der Waals surface area (Å²) in [6.45, 7) is 3.83. The summed E-state index contributed by atoms with van der Waals surface area (Å²) in [4.78, 5) is 24.4. The Balaban J connectivity index is 2.99. The first-order valence-electron chi connectivity index (χ1n) is 6.93. The van der Waals surface area contributed by atoms with Crippen molar-refractivity contribution >= 4 is 17.3 Å². The van der Waals surface area contributed by atoms with E-state index in [4.69, 9.17) is 0 Å². The maximum Gasteiger partial charge on any atom is 0.293 e. The molecule has 7 heteroatoms. The molecule has 0 aliphatic rings. The van der Waals surface area contributed by atoms with Crippen molar-refractivity contribution in [1.82, 2.24) is 10.6 Å². The predicted octanol–water partition coefficient (Wildman–Crippen LogP) is 1.39. The summed E-state index contributed by atoms with van der Waals surface area (Å²) in [5.41, 5.74) is 0.769. The average Bonchev–Trinajstić information content (AvgIpc) is 2.47. The van der Waals surface area contributed by atoms with Gasteiger partial charge in [0.2, 0.25) is 0 Å². The molecule has 2 N–H and O–H groups in total. The topological polar surface area (TPSA) is 87.5 Å². The second-order valence-electron chi connectivity index (χ2n) is 4.70. The van der Waals surface area contributed by atoms with Crippen LogP contribution in [-0.2, 0) is 0 Å². The summed E-state index contributed by atoms with van der Waals surface area (Å²) < 4.78 is 0. The lowest BCUT2D eigenvalue weighted by atomic mass is 10.1. The summed E-state index contributed by atoms with van der Waals surface area (Å²) >= 11 is 0. The van der Waals surface area contributed by atoms with Gasteiger partial charge in [-0.15, -0.1) is 0 Å². The standard InChI is InChI=1S/C14H22N4O3/c1-4-16-14(19)11-6-7-12(13(10-11)18(20)21)17(3)9-5-8-15-2/h6-7,10,15H,4-5,8-9H2,1-3H3,(H,16,19). The number of carbonyl (C=O) groups excluding carboxylic acids is 1. The highest BCUT2D eigenvalue weighted by atomic mass is 16.6. The normalized spacial score (nSPS) is 10.2. The van der Waals surface area contributed by atoms with Crippen molar-refractivity contribution < 1.29 is 9.72 Å². The quantitative estimate of drug-likeness (QED) is 0.430. The molecule has 1 aromatic rings. The van der Waals surface area contributed by atoms with E-state index in [2.05, 4.69) is 10.6 Å². The third kappa shape index (κ3) is 4.71. The number of hydrogen-bond donors (Lipinski definition) is 2. The van der Waals surface area contributed by atoms with E-state index < -0.39 is 4.92 Å². The highest BCUT2D eigenvalue weighted by Gasteiger charge is 2.19. The van der Waals surface area contributed by atoms with Gasteiger partial charge in [0.15, 0.2) is 0 Å². The fourth-order valence-corrected chi connectivity index (χ4v) is 2.01. The lowest BCUT2D eigenvalue weighted by Crippen LogP contribution is -2.24. The lowest BCUT2D eigenvalue weighted by molar-refractivity contribution is -0.384. The number of nitro benzene ring substituents is 1. The highest BCUT2D eigenvalue weighted by Crippen LogP contribution is 2.28. The highest BCUT2D eigenvalue weighted by molar-refractivity contribution is 5.95. The fourth-order valence-electron chi connectivity index (χ4n) is 2.01. The van der Waals surface area contributed by atoms with E-state index in [1.54, 1.807) is 19.1 Å². The van der Waals surface area contributed by atoms with Crippen LogP contribution >= 0.6 is 0 Å². The first-order chi connectivity index (χ1) is 10.0. The summed E-state index contributed by atoms with van der Waals surface area (Å²) in [7, 11) is 3.67. The zero-order valence-electron chi connectivity index (χ0n) is 12.7. The molecule has 0 aliphatic heterocycles. The second kappa shape index (κ2) is 8.21. The van der Waals surface area contributed by atoms with Crippen LogP contribution in [0.5, 0.6) is 0 Å². The Morgan fingerprint density at radius 2 is 2.14 bits per heavy atom. The van der Waals surface area contributed by atoms with E-state index in [-0.39, 0.29) is 11.6 Å². The smallest absolute Gasteiger partial charge is 0.293 e. The Kier molecular flexibility index (Phi) is 6.61. The van der Waals surface area contributed by atoms with E-state index in [1.165, 1.54) is 6.07 Å². The molecule has 0 unspecified atom stereocenters. The van der Waals surface area contributed by atoms with Gasteiger partial charge in [-0.25, -0.2) is 0 Å². The van der Waals surface area contributed by atoms with Gasteiger partial charge in [0.05, 0.1) is 4.92 Å². The first kappa shape index (κ1) is 16.9. The Morgan fingerprint density at radius 1 is 1.43 bits per heavy atom. The zero-order valence-corrected chi connectivity index (χ0v) is 12.7. The molecule has 0 saturated heterocycles. The SMILES string of the molecule is CCNC(=O)c1ccc(N(C)CCCNC)c([N+](=O)[O-])c1. The molecule has 21 heavy (non-hydrogen) atoms. The van der Waals surface area contributed by atoms with Crippen LogP contribution in [0, 0.1) is 10.1 Å². The second-order valence-corrected chi connectivity index (χ2v) is 4.70. The Hall–Kier alpha value is -2.15. The molecule has 0 fully saturated rings. The maximum atomic E-state index is 11.8. The Bertz CT molecular complexity index is 505. The van der Waals surface area contributed by atoms with E-state index in [0.717, 1.165) is 13.0 Å². The molecule has 1 aromatic carbocycles. The molecule has 0 radical (unpaired) electrons. The van der Waals surface area contributed by atoms with Gasteiger partial charge in [-0.3, -0.25) is 14.9 Å². The van der Waals surface area contributed by atoms with Gasteiger partial charge in [-0.05, 0) is 39.1 Å². The van der Waals surface area contributed by atoms with Crippen LogP contribution in [0.25, 0.3) is 0 Å². The molecule has 1 amide bonds. The molecule has 0 saturated carbocycles. The first-order valence-corrected chi connectivity index (χ1v) is 6.93. The number of hydrogen-bond acceptors (Lipinski definition) is 5. The number of nitrogens with zero attached hydrogens (tertiary/aromatic N) is 2. The molecule has 0 heterocycles. The summed E-state index contributed by atoms with van der Waals surface area (Å²) in [6, 6.07) is 4.57. The fraction of sp³-hybridized carbons (Fsp3) is 0.500. The van der Waals surface area contributed by atoms with Crippen LogP contribution in [-0.4, -0.2) is 44.6 Å². The van der Waals surface area contributed by atoms with Crippen molar-refractivity contribution in [2.45, 2.75) is 13.3 Å². The van der Waals surface area contributed by atoms with Crippen molar-refractivity contribution in [2.75, 3.05) is 38.6 Å². The Morgan fingerprint density at radius 3 is 2.71 bits per heavy atom. The van der Waals surface area contributed by atoms with Crippen LogP contribution in [0.4, 0.5) is 11.4 Å². The van der Waals surface area contributed by atoms with Crippen LogP contribution in [0.3, 0.4) is 0 Å². The summed E-state index contributed by atoms with van der Waals surface area (Å²) in [5.74, 6) is -0.301. The molecule has 7 nitrogen and oxygen atoms in total. The van der Waals surface area contributed by atoms with Crippen molar-refractivity contribution in [3.63, 3.8) is 0 Å². The Labute approximate surface area is 124 Å². The number of nitro groups is 1. The van der Waals surface area contributed by atoms with Crippen LogP contribution in [0.2, 0.25) is 0 Å². The third-order valence-corrected chi connectivity index (χ3v) is 3.10. The predicted molar refractivity (Wildman–Crippen MR) is 82.9 cm³/mol. The minimum absolute atomic E-state index is 0.0503. The number of carbonyl (C=O) groups is 1. The number of rotatable bonds is 8. The largest absolute Gasteiger partial charge is 0.369 e. The van der Waals surface area contributed by atoms with Crippen LogP contribution in [0.1, 0.15) is 23.7 Å². The monoisotopic (exact) mass is 294 g/mol. The zero-order chi connectivity index (χ0) is 15.8. The number of amides is 1. The molecule has 0 aromatic heterocycles. The molecule has 0 atom stereocenters. The molecule has 0 spiro atoms. The van der Waals surface area contributed by atoms with Gasteiger partial charge in [-0.2, -0.15) is 0 Å². The van der Waals surface area contributed by atoms with Gasteiger partial charge in [0.1, 0.15) is 5.69 Å². The number of benzene rings is 1. The molecular weight excluding hydrogens is 272 g/mol. The van der Waals surface area contributed by atoms with Crippen molar-refractivity contribution in [2.24, 2.45) is 0 Å². The van der Waals surface area contributed by atoms with Crippen LogP contribution in [0.15, 0.2) is 18.2 Å². The van der Waals surface area contributed by atoms with E-state index >= 15 is 0 Å². The molecule has 116 valence electrons. The third-order valence-electron chi connectivity index (χ3n) is 3.10. The minimum Gasteiger partial charge on any atom is -0.369 e. The maximum absolute atomic E-state index is 11.8. The molecular formula is C14H22N4O3. The molecule has 1 rings (SSSR count). The van der Waals surface area contributed by atoms with Gasteiger partial charge >= 0.3 is 0 Å². The molecule has 0 bridgehead atoms. The lowest BCUT2D eigenvalue weighted by Gasteiger charge is -2.19. The van der Waals surface area contributed by atoms with Crippen molar-refractivity contribution in [3.05, 3.63) is 33.9 Å². The van der Waals surface area contributed by atoms with Gasteiger partial charge in [0, 0.05) is 31.8 Å². The average molecular weight is 294 g/mol. The van der Waals surface area contributed by atoms with E-state index in [0.29, 0.717) is 24.3 Å². The van der Waals surface area contributed by atoms with Crippen molar-refractivity contribution in [3.8, 4) is 0 Å². The summed E-state index contributed by atoms with van der Waals surface area (Å²) in [6.07, 6.45) is 0.877. The van der Waals surface area contributed by atoms with E-state index in [1.807, 2.05) is 19.0 Å².